The number of aliphatic hydroxyl groups excluding tert-OH is 1. The number of hydrogen-bond donors (Lipinski definition) is 4. The topological polar surface area (TPSA) is 146 Å². The molecule has 2 unspecified atom stereocenters. The number of aromatic carboxylic acids is 1. The van der Waals surface area contributed by atoms with Crippen LogP contribution >= 0.6 is 0 Å². The minimum absolute atomic E-state index is 0.0151. The highest BCUT2D eigenvalue weighted by Crippen LogP contribution is 2.35. The third-order valence-corrected chi connectivity index (χ3v) is 6.74. The van der Waals surface area contributed by atoms with Gasteiger partial charge in [-0.25, -0.2) is 14.3 Å². The number of nitrogens with one attached hydrogen (secondary N) is 2. The zero-order valence-electron chi connectivity index (χ0n) is 20.0. The maximum absolute atomic E-state index is 13.4. The fourth-order valence-electron chi connectivity index (χ4n) is 4.84. The maximum atomic E-state index is 13.4. The highest BCUT2D eigenvalue weighted by Gasteiger charge is 2.29. The molecule has 2 aromatic carbocycles. The van der Waals surface area contributed by atoms with Gasteiger partial charge in [-0.15, -0.1) is 0 Å². The van der Waals surface area contributed by atoms with Crippen LogP contribution in [-0.4, -0.2) is 49.2 Å². The van der Waals surface area contributed by atoms with E-state index in [2.05, 4.69) is 20.7 Å². The minimum atomic E-state index is -0.979. The first-order valence-corrected chi connectivity index (χ1v) is 11.9. The van der Waals surface area contributed by atoms with Crippen LogP contribution in [0.3, 0.4) is 0 Å². The Kier molecular flexibility index (Phi) is 6.41. The smallest absolute Gasteiger partial charge is 0.335 e. The predicted octanol–water partition coefficient (Wildman–Crippen LogP) is 2.62. The summed E-state index contributed by atoms with van der Waals surface area (Å²) >= 11 is 0. The van der Waals surface area contributed by atoms with Crippen LogP contribution in [0.25, 0.3) is 5.65 Å². The number of aromatic nitrogens is 3. The zero-order chi connectivity index (χ0) is 26.1. The standard InChI is InChI=1S/C27H25N5O5/c1-15-17-9-10-20(19(17)8-7-18(15)27(36)37)30-26(35)23-13-21(29-24-11-12-28-32(23)24)25(34)31-22(14-33)16-5-3-2-4-6-16/h2-8,11-13,20,22,33H,9-10,14H2,1H3,(H,30,35)(H,31,34)(H,36,37). The van der Waals surface area contributed by atoms with Gasteiger partial charge in [0.2, 0.25) is 0 Å². The number of carboxylic acid groups (broad SMARTS) is 1. The maximum Gasteiger partial charge on any atom is 0.335 e. The molecule has 5 rings (SSSR count). The van der Waals surface area contributed by atoms with Crippen LogP contribution in [-0.2, 0) is 6.42 Å². The van der Waals surface area contributed by atoms with Crippen LogP contribution < -0.4 is 10.6 Å². The second kappa shape index (κ2) is 9.82. The van der Waals surface area contributed by atoms with Crippen molar-refractivity contribution in [2.75, 3.05) is 6.61 Å². The SMILES string of the molecule is Cc1c(C(=O)O)ccc2c1CCC2NC(=O)c1cc(C(=O)NC(CO)c2ccccc2)nc2ccnn12. The molecule has 0 bridgehead atoms. The number of rotatable bonds is 7. The Bertz CT molecular complexity index is 1510. The van der Waals surface area contributed by atoms with Crippen molar-refractivity contribution in [3.05, 3.63) is 100.0 Å². The highest BCUT2D eigenvalue weighted by atomic mass is 16.4. The van der Waals surface area contributed by atoms with Crippen LogP contribution in [0.5, 0.6) is 0 Å². The van der Waals surface area contributed by atoms with E-state index in [1.165, 1.54) is 16.8 Å². The molecule has 4 aromatic rings. The molecule has 0 radical (unpaired) electrons. The molecule has 2 aromatic heterocycles. The summed E-state index contributed by atoms with van der Waals surface area (Å²) in [5, 5.41) is 29.2. The zero-order valence-corrected chi connectivity index (χ0v) is 20.0. The predicted molar refractivity (Wildman–Crippen MR) is 133 cm³/mol. The Morgan fingerprint density at radius 1 is 1.11 bits per heavy atom. The summed E-state index contributed by atoms with van der Waals surface area (Å²) in [6, 6.07) is 14.4. The molecule has 10 nitrogen and oxygen atoms in total. The molecular formula is C27H25N5O5. The van der Waals surface area contributed by atoms with E-state index in [1.54, 1.807) is 37.3 Å². The normalized spacial score (nSPS) is 15.2. The minimum Gasteiger partial charge on any atom is -0.478 e. The largest absolute Gasteiger partial charge is 0.478 e. The highest BCUT2D eigenvalue weighted by molar-refractivity contribution is 5.98. The Hall–Kier alpha value is -4.57. The molecule has 4 N–H and O–H groups in total. The van der Waals surface area contributed by atoms with E-state index in [9.17, 15) is 24.6 Å². The third kappa shape index (κ3) is 4.54. The summed E-state index contributed by atoms with van der Waals surface area (Å²) in [5.74, 6) is -1.96. The molecule has 1 aliphatic rings. The van der Waals surface area contributed by atoms with E-state index < -0.39 is 23.8 Å². The number of benzene rings is 2. The molecule has 37 heavy (non-hydrogen) atoms. The van der Waals surface area contributed by atoms with Crippen molar-refractivity contribution < 1.29 is 24.6 Å². The van der Waals surface area contributed by atoms with Crippen LogP contribution in [0.4, 0.5) is 0 Å². The summed E-state index contributed by atoms with van der Waals surface area (Å²) in [5.41, 5.74) is 3.98. The Balaban J connectivity index is 1.41. The summed E-state index contributed by atoms with van der Waals surface area (Å²) in [7, 11) is 0. The van der Waals surface area contributed by atoms with Gasteiger partial charge in [-0.3, -0.25) is 9.59 Å². The van der Waals surface area contributed by atoms with Gasteiger partial charge in [0.25, 0.3) is 11.8 Å². The van der Waals surface area contributed by atoms with E-state index in [0.717, 1.165) is 16.7 Å². The summed E-state index contributed by atoms with van der Waals surface area (Å²) < 4.78 is 1.36. The van der Waals surface area contributed by atoms with E-state index >= 15 is 0 Å². The second-order valence-corrected chi connectivity index (χ2v) is 8.92. The monoisotopic (exact) mass is 499 g/mol. The first-order valence-electron chi connectivity index (χ1n) is 11.9. The van der Waals surface area contributed by atoms with Gasteiger partial charge in [-0.05, 0) is 48.1 Å². The lowest BCUT2D eigenvalue weighted by atomic mass is 9.98. The van der Waals surface area contributed by atoms with Crippen molar-refractivity contribution in [2.45, 2.75) is 31.8 Å². The molecule has 0 saturated carbocycles. The van der Waals surface area contributed by atoms with Crippen molar-refractivity contribution in [2.24, 2.45) is 0 Å². The molecule has 0 fully saturated rings. The van der Waals surface area contributed by atoms with E-state index in [-0.39, 0.29) is 29.6 Å². The van der Waals surface area contributed by atoms with Crippen molar-refractivity contribution in [1.29, 1.82) is 0 Å². The Labute approximate surface area is 212 Å². The van der Waals surface area contributed by atoms with Crippen LogP contribution in [0.2, 0.25) is 0 Å². The first-order chi connectivity index (χ1) is 17.9. The average Bonchev–Trinajstić information content (AvgIpc) is 3.54. The molecule has 0 spiro atoms. The fraction of sp³-hybridized carbons (Fsp3) is 0.222. The van der Waals surface area contributed by atoms with E-state index in [0.29, 0.717) is 24.1 Å². The molecule has 188 valence electrons. The third-order valence-electron chi connectivity index (χ3n) is 6.74. The number of carboxylic acids is 1. The number of hydrogen-bond acceptors (Lipinski definition) is 6. The first kappa shape index (κ1) is 24.1. The summed E-state index contributed by atoms with van der Waals surface area (Å²) in [6.07, 6.45) is 2.76. The van der Waals surface area contributed by atoms with Gasteiger partial charge >= 0.3 is 5.97 Å². The molecule has 2 heterocycles. The lowest BCUT2D eigenvalue weighted by molar-refractivity contribution is 0.0695. The Morgan fingerprint density at radius 3 is 2.62 bits per heavy atom. The van der Waals surface area contributed by atoms with Gasteiger partial charge < -0.3 is 20.8 Å². The number of carbonyl (C=O) groups is 3. The fourth-order valence-corrected chi connectivity index (χ4v) is 4.84. The molecule has 0 saturated heterocycles. The molecule has 10 heteroatoms. The van der Waals surface area contributed by atoms with Gasteiger partial charge in [0.05, 0.1) is 30.5 Å². The quantitative estimate of drug-likeness (QED) is 0.306. The van der Waals surface area contributed by atoms with Gasteiger partial charge in [-0.1, -0.05) is 36.4 Å². The number of nitrogens with zero attached hydrogens (tertiary/aromatic N) is 3. The van der Waals surface area contributed by atoms with Gasteiger partial charge in [0.1, 0.15) is 11.4 Å². The lowest BCUT2D eigenvalue weighted by Gasteiger charge is -2.18. The molecule has 1 aliphatic carbocycles. The van der Waals surface area contributed by atoms with Crippen molar-refractivity contribution in [3.8, 4) is 0 Å². The molecule has 2 atom stereocenters. The number of aliphatic hydroxyl groups is 1. The van der Waals surface area contributed by atoms with Crippen LogP contribution in [0.1, 0.15) is 72.1 Å². The summed E-state index contributed by atoms with van der Waals surface area (Å²) in [4.78, 5) is 42.3. The van der Waals surface area contributed by atoms with Crippen LogP contribution in [0.15, 0.2) is 60.8 Å². The Morgan fingerprint density at radius 2 is 1.89 bits per heavy atom. The van der Waals surface area contributed by atoms with Crippen molar-refractivity contribution in [3.63, 3.8) is 0 Å². The molecule has 2 amide bonds. The number of carbonyl (C=O) groups excluding carboxylic acids is 2. The number of amides is 2. The van der Waals surface area contributed by atoms with Crippen LogP contribution in [0, 0.1) is 6.92 Å². The average molecular weight is 500 g/mol. The van der Waals surface area contributed by atoms with E-state index in [4.69, 9.17) is 0 Å². The second-order valence-electron chi connectivity index (χ2n) is 8.92. The summed E-state index contributed by atoms with van der Waals surface area (Å²) in [6.45, 7) is 1.48. The van der Waals surface area contributed by atoms with Gasteiger partial charge in [-0.2, -0.15) is 5.10 Å². The van der Waals surface area contributed by atoms with Crippen molar-refractivity contribution in [1.82, 2.24) is 25.2 Å². The van der Waals surface area contributed by atoms with Crippen molar-refractivity contribution >= 4 is 23.4 Å². The van der Waals surface area contributed by atoms with Gasteiger partial charge in [0, 0.05) is 12.1 Å². The molecular weight excluding hydrogens is 474 g/mol. The molecule has 0 aliphatic heterocycles. The number of fused-ring (bicyclic) bond motifs is 2. The van der Waals surface area contributed by atoms with E-state index in [1.807, 2.05) is 18.2 Å². The lowest BCUT2D eigenvalue weighted by Crippen LogP contribution is -2.33. The van der Waals surface area contributed by atoms with Gasteiger partial charge in [0.15, 0.2) is 5.65 Å².